The predicted octanol–water partition coefficient (Wildman–Crippen LogP) is 15.5. The first kappa shape index (κ1) is 39.6. The van der Waals surface area contributed by atoms with E-state index in [9.17, 15) is 0 Å². The zero-order valence-corrected chi connectivity index (χ0v) is 37.6. The third-order valence-corrected chi connectivity index (χ3v) is 13.6. The van der Waals surface area contributed by atoms with E-state index in [1.165, 1.54) is 0 Å². The Bertz CT molecular complexity index is 4330. The van der Waals surface area contributed by atoms with Crippen LogP contribution in [0.5, 0.6) is 0 Å². The molecule has 0 radical (unpaired) electrons. The maximum atomic E-state index is 5.44. The highest BCUT2D eigenvalue weighted by molar-refractivity contribution is 6.24. The van der Waals surface area contributed by atoms with Gasteiger partial charge in [0.05, 0.1) is 44.5 Å². The Labute approximate surface area is 402 Å². The topological polar surface area (TPSA) is 74.3 Å². The summed E-state index contributed by atoms with van der Waals surface area (Å²) in [6, 6.07) is 82.8. The van der Waals surface area contributed by atoms with Crippen LogP contribution in [0.15, 0.2) is 237 Å². The highest BCUT2D eigenvalue weighted by atomic mass is 15.2. The van der Waals surface area contributed by atoms with Crippen LogP contribution in [0.25, 0.3) is 133 Å². The van der Waals surface area contributed by atoms with Crippen molar-refractivity contribution in [2.45, 2.75) is 0 Å². The first-order valence-corrected chi connectivity index (χ1v) is 23.5. The molecule has 0 saturated heterocycles. The van der Waals surface area contributed by atoms with Gasteiger partial charge in [0, 0.05) is 60.3 Å². The molecule has 7 heteroatoms. The second kappa shape index (κ2) is 16.0. The Morgan fingerprint density at radius 3 is 1.27 bits per heavy atom. The number of rotatable bonds is 7. The van der Waals surface area contributed by atoms with Crippen molar-refractivity contribution in [1.29, 1.82) is 0 Å². The number of hydrogen-bond donors (Lipinski definition) is 0. The van der Waals surface area contributed by atoms with Crippen molar-refractivity contribution < 1.29 is 0 Å². The SMILES string of the molecule is c1ccc(-c2ccc(-c3nc(-c4ccccc4)nc(-n4c5ccc(-c6ccc7ccccc7n6)cc5c5ccc6c7cc(-c8ccc9ccccc9n8)ccc7n(-c7ccccc7)c6c54)n3)cc2)cc1. The molecule has 0 N–H and O–H groups in total. The molecule has 9 aromatic carbocycles. The van der Waals surface area contributed by atoms with Crippen LogP contribution >= 0.6 is 0 Å². The number of hydrogen-bond acceptors (Lipinski definition) is 5. The fourth-order valence-electron chi connectivity index (χ4n) is 10.2. The van der Waals surface area contributed by atoms with E-state index < -0.39 is 0 Å². The number of fused-ring (bicyclic) bond motifs is 9. The minimum atomic E-state index is 0.519. The molecule has 0 aliphatic rings. The molecule has 0 aliphatic heterocycles. The van der Waals surface area contributed by atoms with E-state index in [4.69, 9.17) is 24.9 Å². The minimum Gasteiger partial charge on any atom is -0.307 e. The maximum Gasteiger partial charge on any atom is 0.238 e. The molecule has 14 aromatic rings. The molecule has 5 heterocycles. The third kappa shape index (κ3) is 6.55. The normalized spacial score (nSPS) is 11.7. The first-order valence-electron chi connectivity index (χ1n) is 23.5. The van der Waals surface area contributed by atoms with Crippen molar-refractivity contribution in [3.63, 3.8) is 0 Å². The molecular formula is C63H39N7. The van der Waals surface area contributed by atoms with Crippen LogP contribution in [0.1, 0.15) is 0 Å². The maximum absolute atomic E-state index is 5.44. The molecule has 70 heavy (non-hydrogen) atoms. The van der Waals surface area contributed by atoms with Gasteiger partial charge in [-0.1, -0.05) is 176 Å². The largest absolute Gasteiger partial charge is 0.307 e. The highest BCUT2D eigenvalue weighted by Crippen LogP contribution is 2.43. The number of benzene rings is 9. The third-order valence-electron chi connectivity index (χ3n) is 13.6. The van der Waals surface area contributed by atoms with E-state index >= 15 is 0 Å². The average Bonchev–Trinajstić information content (AvgIpc) is 3.96. The van der Waals surface area contributed by atoms with E-state index in [2.05, 4.69) is 209 Å². The van der Waals surface area contributed by atoms with Gasteiger partial charge in [-0.2, -0.15) is 9.97 Å². The second-order valence-electron chi connectivity index (χ2n) is 17.7. The monoisotopic (exact) mass is 893 g/mol. The van der Waals surface area contributed by atoms with Gasteiger partial charge < -0.3 is 4.57 Å². The van der Waals surface area contributed by atoms with Gasteiger partial charge in [0.2, 0.25) is 5.95 Å². The molecular weight excluding hydrogens is 855 g/mol. The molecule has 0 bridgehead atoms. The van der Waals surface area contributed by atoms with Crippen molar-refractivity contribution in [3.8, 4) is 68.1 Å². The van der Waals surface area contributed by atoms with Gasteiger partial charge >= 0.3 is 0 Å². The summed E-state index contributed by atoms with van der Waals surface area (Å²) in [5.41, 5.74) is 15.0. The van der Waals surface area contributed by atoms with Crippen LogP contribution in [0, 0.1) is 0 Å². The van der Waals surface area contributed by atoms with Crippen molar-refractivity contribution in [1.82, 2.24) is 34.1 Å². The summed E-state index contributed by atoms with van der Waals surface area (Å²) in [5, 5.41) is 6.56. The van der Waals surface area contributed by atoms with Crippen molar-refractivity contribution in [2.24, 2.45) is 0 Å². The van der Waals surface area contributed by atoms with E-state index in [0.717, 1.165) is 116 Å². The molecule has 14 rings (SSSR count). The molecule has 0 atom stereocenters. The molecule has 0 fully saturated rings. The van der Waals surface area contributed by atoms with Gasteiger partial charge in [-0.15, -0.1) is 0 Å². The summed E-state index contributed by atoms with van der Waals surface area (Å²) >= 11 is 0. The summed E-state index contributed by atoms with van der Waals surface area (Å²) in [7, 11) is 0. The van der Waals surface area contributed by atoms with Crippen LogP contribution in [-0.4, -0.2) is 34.1 Å². The Morgan fingerprint density at radius 1 is 0.271 bits per heavy atom. The van der Waals surface area contributed by atoms with Gasteiger partial charge in [-0.05, 0) is 71.8 Å². The van der Waals surface area contributed by atoms with Crippen LogP contribution < -0.4 is 0 Å². The summed E-state index contributed by atoms with van der Waals surface area (Å²) in [6.07, 6.45) is 0. The molecule has 0 saturated carbocycles. The van der Waals surface area contributed by atoms with E-state index in [0.29, 0.717) is 17.6 Å². The lowest BCUT2D eigenvalue weighted by Gasteiger charge is -2.13. The lowest BCUT2D eigenvalue weighted by molar-refractivity contribution is 0.953. The summed E-state index contributed by atoms with van der Waals surface area (Å²) in [4.78, 5) is 26.3. The highest BCUT2D eigenvalue weighted by Gasteiger charge is 2.25. The van der Waals surface area contributed by atoms with Crippen molar-refractivity contribution in [3.05, 3.63) is 237 Å². The summed E-state index contributed by atoms with van der Waals surface area (Å²) < 4.78 is 4.65. The molecule has 0 amide bonds. The molecule has 0 aliphatic carbocycles. The molecule has 7 nitrogen and oxygen atoms in total. The smallest absolute Gasteiger partial charge is 0.238 e. The summed E-state index contributed by atoms with van der Waals surface area (Å²) in [5.74, 6) is 1.69. The molecule has 326 valence electrons. The Balaban J connectivity index is 1.08. The number of pyridine rings is 2. The van der Waals surface area contributed by atoms with E-state index in [-0.39, 0.29) is 0 Å². The Hall–Kier alpha value is -9.59. The van der Waals surface area contributed by atoms with Crippen LogP contribution in [-0.2, 0) is 0 Å². The van der Waals surface area contributed by atoms with Crippen molar-refractivity contribution >= 4 is 65.4 Å². The van der Waals surface area contributed by atoms with Gasteiger partial charge in [-0.3, -0.25) is 4.57 Å². The van der Waals surface area contributed by atoms with Gasteiger partial charge in [-0.25, -0.2) is 15.0 Å². The van der Waals surface area contributed by atoms with Gasteiger partial charge in [0.25, 0.3) is 0 Å². The Morgan fingerprint density at radius 2 is 0.700 bits per heavy atom. The van der Waals surface area contributed by atoms with Gasteiger partial charge in [0.15, 0.2) is 11.6 Å². The fraction of sp³-hybridized carbons (Fsp3) is 0. The summed E-state index contributed by atoms with van der Waals surface area (Å²) in [6.45, 7) is 0. The van der Waals surface area contributed by atoms with Gasteiger partial charge in [0.1, 0.15) is 0 Å². The van der Waals surface area contributed by atoms with E-state index in [1.54, 1.807) is 0 Å². The van der Waals surface area contributed by atoms with Crippen molar-refractivity contribution in [2.75, 3.05) is 0 Å². The fourth-order valence-corrected chi connectivity index (χ4v) is 10.2. The van der Waals surface area contributed by atoms with Crippen LogP contribution in [0.2, 0.25) is 0 Å². The Kier molecular flexibility index (Phi) is 9.07. The second-order valence-corrected chi connectivity index (χ2v) is 17.7. The zero-order valence-electron chi connectivity index (χ0n) is 37.6. The minimum absolute atomic E-state index is 0.519. The van der Waals surface area contributed by atoms with Crippen LogP contribution in [0.4, 0.5) is 0 Å². The number of aromatic nitrogens is 7. The standard InChI is InChI=1S/C63H39N7/c1-4-14-40(15-5-1)41-24-26-45(27-25-41)62-66-61(44-18-6-2-7-19-44)67-63(68-62)70-58-37-31-47(56-35-29-43-17-11-13-23-54(43)65-56)39-52(58)50-33-32-49-51-38-46(55-34-28-42-16-10-12-22-53(42)64-55)30-36-57(51)69(59(49)60(50)70)48-20-8-3-9-21-48/h1-39H. The molecule has 0 spiro atoms. The quantitative estimate of drug-likeness (QED) is 0.159. The lowest BCUT2D eigenvalue weighted by atomic mass is 10.0. The number of para-hydroxylation sites is 3. The van der Waals surface area contributed by atoms with Crippen LogP contribution in [0.3, 0.4) is 0 Å². The average molecular weight is 894 g/mol. The van der Waals surface area contributed by atoms with E-state index in [1.807, 2.05) is 36.4 Å². The number of nitrogens with zero attached hydrogens (tertiary/aromatic N) is 7. The molecule has 0 unspecified atom stereocenters. The lowest BCUT2D eigenvalue weighted by Crippen LogP contribution is -2.07. The first-order chi connectivity index (χ1) is 34.7. The zero-order chi connectivity index (χ0) is 46.1. The molecule has 5 aromatic heterocycles. The predicted molar refractivity (Wildman–Crippen MR) is 286 cm³/mol.